The molecule has 0 radical (unpaired) electrons. The number of fused-ring (bicyclic) bond motifs is 1. The molecule has 13 heteroatoms. The molecule has 1 fully saturated rings. The largest absolute Gasteiger partial charge is 0.375 e. The van der Waals surface area contributed by atoms with E-state index >= 15 is 0 Å². The van der Waals surface area contributed by atoms with Crippen molar-refractivity contribution in [2.24, 2.45) is 5.50 Å². The van der Waals surface area contributed by atoms with E-state index in [9.17, 15) is 4.79 Å². The van der Waals surface area contributed by atoms with Gasteiger partial charge >= 0.3 is 0 Å². The molecule has 24 heavy (non-hydrogen) atoms. The standard InChI is InChI=1S/C11H17N6O5PS/c1-20-6-7(24)4(2-21-23(13)19)22-10(6)17-3-14-5-8(17)15-11(12)16-9(5)18/h3-4,6-7,10,19,24H,2,13H2,1H3,(H3,12,15,16,18)/t4-,6-,7-,10-,23?/m1/s1. The first kappa shape index (κ1) is 17.5. The lowest BCUT2D eigenvalue weighted by molar-refractivity contribution is -0.0558. The van der Waals surface area contributed by atoms with Crippen molar-refractivity contribution in [3.8, 4) is 0 Å². The summed E-state index contributed by atoms with van der Waals surface area (Å²) in [5.41, 5.74) is 10.8. The summed E-state index contributed by atoms with van der Waals surface area (Å²) in [6.07, 6.45) is -0.174. The second-order valence-corrected chi connectivity index (χ2v) is 6.59. The van der Waals surface area contributed by atoms with Crippen LogP contribution in [0.1, 0.15) is 6.23 Å². The first-order chi connectivity index (χ1) is 11.4. The summed E-state index contributed by atoms with van der Waals surface area (Å²) in [6, 6.07) is 0. The molecule has 11 nitrogen and oxygen atoms in total. The van der Waals surface area contributed by atoms with E-state index < -0.39 is 32.5 Å². The summed E-state index contributed by atoms with van der Waals surface area (Å²) in [4.78, 5) is 31.5. The molecule has 2 aromatic rings. The van der Waals surface area contributed by atoms with Crippen LogP contribution in [0.5, 0.6) is 0 Å². The number of thiol groups is 1. The summed E-state index contributed by atoms with van der Waals surface area (Å²) >= 11 is 4.50. The van der Waals surface area contributed by atoms with Gasteiger partial charge in [0, 0.05) is 7.11 Å². The number of aromatic nitrogens is 4. The average molecular weight is 376 g/mol. The maximum absolute atomic E-state index is 11.9. The van der Waals surface area contributed by atoms with Gasteiger partial charge < -0.3 is 24.6 Å². The van der Waals surface area contributed by atoms with E-state index in [0.29, 0.717) is 0 Å². The first-order valence-electron chi connectivity index (χ1n) is 6.87. The molecule has 3 heterocycles. The molecule has 6 N–H and O–H groups in total. The van der Waals surface area contributed by atoms with Crippen LogP contribution in [0.4, 0.5) is 5.95 Å². The SMILES string of the molecule is CO[C@@H]1[C@H](S)[C@@H](COP(N)O)O[C@H]1n1cnc2c(=O)[nH]c(N)nc21. The van der Waals surface area contributed by atoms with Gasteiger partial charge in [0.15, 0.2) is 17.4 Å². The van der Waals surface area contributed by atoms with Crippen molar-refractivity contribution in [3.05, 3.63) is 16.7 Å². The molecule has 0 bridgehead atoms. The van der Waals surface area contributed by atoms with Crippen molar-refractivity contribution in [1.82, 2.24) is 19.5 Å². The van der Waals surface area contributed by atoms with Crippen molar-refractivity contribution in [2.75, 3.05) is 19.5 Å². The minimum absolute atomic E-state index is 0.0300. The van der Waals surface area contributed by atoms with E-state index in [1.54, 1.807) is 4.57 Å². The van der Waals surface area contributed by atoms with Crippen molar-refractivity contribution in [3.63, 3.8) is 0 Å². The molecule has 132 valence electrons. The van der Waals surface area contributed by atoms with Crippen LogP contribution >= 0.6 is 21.2 Å². The molecular weight excluding hydrogens is 359 g/mol. The molecule has 0 amide bonds. The van der Waals surface area contributed by atoms with Gasteiger partial charge in [-0.25, -0.2) is 4.98 Å². The number of hydrogen-bond acceptors (Lipinski definition) is 10. The summed E-state index contributed by atoms with van der Waals surface area (Å²) in [5, 5.41) is -0.355. The average Bonchev–Trinajstić information content (AvgIpc) is 3.06. The number of imidazole rings is 1. The lowest BCUT2D eigenvalue weighted by Gasteiger charge is -2.20. The lowest BCUT2D eigenvalue weighted by Crippen LogP contribution is -2.31. The Morgan fingerprint density at radius 1 is 1.62 bits per heavy atom. The zero-order chi connectivity index (χ0) is 17.4. The quantitative estimate of drug-likeness (QED) is 0.329. The van der Waals surface area contributed by atoms with Crippen molar-refractivity contribution < 1.29 is 18.9 Å². The van der Waals surface area contributed by atoms with E-state index in [0.717, 1.165) is 0 Å². The number of nitrogen functional groups attached to an aromatic ring is 1. The van der Waals surface area contributed by atoms with Crippen LogP contribution in [0.25, 0.3) is 11.2 Å². The molecule has 5 atom stereocenters. The van der Waals surface area contributed by atoms with Crippen LogP contribution in [0.3, 0.4) is 0 Å². The Bertz CT molecular complexity index is 784. The number of rotatable bonds is 5. The predicted octanol–water partition coefficient (Wildman–Crippen LogP) is -0.893. The van der Waals surface area contributed by atoms with Crippen molar-refractivity contribution >= 4 is 38.3 Å². The minimum atomic E-state index is -2.00. The molecule has 1 saturated heterocycles. The van der Waals surface area contributed by atoms with Crippen LogP contribution < -0.4 is 16.8 Å². The Hall–Kier alpha value is -1.27. The number of nitrogens with two attached hydrogens (primary N) is 2. The highest BCUT2D eigenvalue weighted by molar-refractivity contribution is 7.81. The van der Waals surface area contributed by atoms with Crippen LogP contribution in [-0.4, -0.2) is 55.6 Å². The number of nitrogens with zero attached hydrogens (tertiary/aromatic N) is 3. The fraction of sp³-hybridized carbons (Fsp3) is 0.545. The third-order valence-electron chi connectivity index (χ3n) is 3.68. The van der Waals surface area contributed by atoms with E-state index in [1.165, 1.54) is 13.4 Å². The predicted molar refractivity (Wildman–Crippen MR) is 89.3 cm³/mol. The first-order valence-corrected chi connectivity index (χ1v) is 8.67. The molecule has 1 aliphatic heterocycles. The molecule has 0 aromatic carbocycles. The third kappa shape index (κ3) is 3.14. The van der Waals surface area contributed by atoms with Gasteiger partial charge in [-0.1, -0.05) is 0 Å². The lowest BCUT2D eigenvalue weighted by atomic mass is 10.2. The highest BCUT2D eigenvalue weighted by Crippen LogP contribution is 2.37. The van der Waals surface area contributed by atoms with Gasteiger partial charge in [0.25, 0.3) is 5.56 Å². The summed E-state index contributed by atoms with van der Waals surface area (Å²) in [5.74, 6) is -0.0300. The summed E-state index contributed by atoms with van der Waals surface area (Å²) in [7, 11) is -0.482. The number of aromatic amines is 1. The summed E-state index contributed by atoms with van der Waals surface area (Å²) in [6.45, 7) is 0.0476. The highest BCUT2D eigenvalue weighted by Gasteiger charge is 2.45. The van der Waals surface area contributed by atoms with Gasteiger partial charge in [-0.15, -0.1) is 0 Å². The van der Waals surface area contributed by atoms with Crippen LogP contribution in [0.15, 0.2) is 11.1 Å². The van der Waals surface area contributed by atoms with Gasteiger partial charge in [-0.2, -0.15) is 17.6 Å². The normalized spacial score (nSPS) is 28.5. The van der Waals surface area contributed by atoms with Gasteiger partial charge in [-0.05, 0) is 0 Å². The molecule has 0 spiro atoms. The Balaban J connectivity index is 1.95. The maximum Gasteiger partial charge on any atom is 0.280 e. The van der Waals surface area contributed by atoms with Gasteiger partial charge in [-0.3, -0.25) is 19.8 Å². The second-order valence-electron chi connectivity index (χ2n) is 5.13. The third-order valence-corrected chi connectivity index (χ3v) is 4.72. The Labute approximate surface area is 142 Å². The Morgan fingerprint density at radius 3 is 3.04 bits per heavy atom. The monoisotopic (exact) mass is 376 g/mol. The fourth-order valence-electron chi connectivity index (χ4n) is 2.61. The molecule has 3 rings (SSSR count). The number of hydrogen-bond donors (Lipinski definition) is 5. The molecule has 1 aliphatic rings. The summed E-state index contributed by atoms with van der Waals surface area (Å²) < 4.78 is 18.0. The molecule has 1 unspecified atom stereocenters. The number of nitrogens with one attached hydrogen (secondary N) is 1. The van der Waals surface area contributed by atoms with Crippen molar-refractivity contribution in [2.45, 2.75) is 23.7 Å². The van der Waals surface area contributed by atoms with E-state index in [-0.39, 0.29) is 29.0 Å². The number of methoxy groups -OCH3 is 1. The zero-order valence-corrected chi connectivity index (χ0v) is 14.4. The van der Waals surface area contributed by atoms with Crippen LogP contribution in [0.2, 0.25) is 0 Å². The smallest absolute Gasteiger partial charge is 0.280 e. The van der Waals surface area contributed by atoms with Crippen LogP contribution in [0, 0.1) is 0 Å². The Morgan fingerprint density at radius 2 is 2.38 bits per heavy atom. The molecule has 2 aromatic heterocycles. The highest BCUT2D eigenvalue weighted by atomic mass is 32.1. The molecule has 0 saturated carbocycles. The number of ether oxygens (including phenoxy) is 2. The topological polar surface area (TPSA) is 164 Å². The van der Waals surface area contributed by atoms with Gasteiger partial charge in [0.2, 0.25) is 14.5 Å². The van der Waals surface area contributed by atoms with Crippen molar-refractivity contribution in [1.29, 1.82) is 0 Å². The van der Waals surface area contributed by atoms with Gasteiger partial charge in [0.05, 0.1) is 24.3 Å². The van der Waals surface area contributed by atoms with E-state index in [2.05, 4.69) is 27.6 Å². The molecular formula is C11H17N6O5PS. The minimum Gasteiger partial charge on any atom is -0.375 e. The fourth-order valence-corrected chi connectivity index (χ4v) is 3.34. The number of anilines is 1. The molecule has 0 aliphatic carbocycles. The number of H-pyrrole nitrogens is 1. The maximum atomic E-state index is 11.9. The zero-order valence-electron chi connectivity index (χ0n) is 12.6. The Kier molecular flexibility index (Phi) is 5.06. The second kappa shape index (κ2) is 6.92. The van der Waals surface area contributed by atoms with E-state index in [1.807, 2.05) is 0 Å². The van der Waals surface area contributed by atoms with E-state index in [4.69, 9.17) is 30.1 Å². The van der Waals surface area contributed by atoms with Crippen LogP contribution in [-0.2, 0) is 14.0 Å². The van der Waals surface area contributed by atoms with Gasteiger partial charge in [0.1, 0.15) is 6.10 Å².